The molecule has 28 heavy (non-hydrogen) atoms. The molecule has 0 saturated carbocycles. The highest BCUT2D eigenvalue weighted by atomic mass is 16.5. The van der Waals surface area contributed by atoms with Crippen LogP contribution in [-0.2, 0) is 11.2 Å². The molecule has 1 aromatic heterocycles. The smallest absolute Gasteiger partial charge is 0.260 e. The Hall–Kier alpha value is -3.61. The quantitative estimate of drug-likeness (QED) is 0.651. The number of aromatic nitrogens is 1. The Bertz CT molecular complexity index is 947. The van der Waals surface area contributed by atoms with Crippen molar-refractivity contribution in [3.63, 3.8) is 0 Å². The van der Waals surface area contributed by atoms with Crippen molar-refractivity contribution in [3.05, 3.63) is 71.6 Å². The first-order valence-electron chi connectivity index (χ1n) is 8.80. The van der Waals surface area contributed by atoms with Crippen LogP contribution in [0, 0.1) is 6.92 Å². The zero-order chi connectivity index (χ0) is 19.9. The first-order chi connectivity index (χ1) is 13.5. The minimum atomic E-state index is -0.296. The van der Waals surface area contributed by atoms with Crippen LogP contribution in [0.2, 0.25) is 0 Å². The topological polar surface area (TPSA) is 93.5 Å². The summed E-state index contributed by atoms with van der Waals surface area (Å²) in [5, 5.41) is 9.20. The summed E-state index contributed by atoms with van der Waals surface area (Å²) < 4.78 is 10.0. The summed E-state index contributed by atoms with van der Waals surface area (Å²) in [6.07, 6.45) is 2.39. The van der Waals surface area contributed by atoms with Crippen molar-refractivity contribution in [3.8, 4) is 5.75 Å². The normalized spacial score (nSPS) is 10.4. The van der Waals surface area contributed by atoms with E-state index in [0.29, 0.717) is 35.5 Å². The van der Waals surface area contributed by atoms with Crippen molar-refractivity contribution in [1.82, 2.24) is 5.16 Å². The molecule has 144 valence electrons. The number of nitrogens with zero attached hydrogens (tertiary/aromatic N) is 1. The average Bonchev–Trinajstić information content (AvgIpc) is 3.14. The van der Waals surface area contributed by atoms with E-state index in [9.17, 15) is 9.59 Å². The average molecular weight is 379 g/mol. The number of hydrogen-bond acceptors (Lipinski definition) is 5. The Morgan fingerprint density at radius 2 is 1.64 bits per heavy atom. The molecule has 3 aromatic rings. The fourth-order valence-electron chi connectivity index (χ4n) is 2.63. The van der Waals surface area contributed by atoms with Gasteiger partial charge in [0.2, 0.25) is 5.91 Å². The maximum absolute atomic E-state index is 12.1. The molecule has 2 N–H and O–H groups in total. The molecule has 2 aromatic carbocycles. The van der Waals surface area contributed by atoms with Crippen LogP contribution < -0.4 is 15.4 Å². The standard InChI is InChI=1S/C21H21N3O4/c1-14-19(13-22-28-14)21(26)24-17-8-6-16(7-9-17)23-20(25)12-5-15-3-10-18(27-2)11-4-15/h3-4,6-11,13H,5,12H2,1-2H3,(H,23,25)(H,24,26). The fraction of sp³-hybridized carbons (Fsp3) is 0.190. The van der Waals surface area contributed by atoms with Crippen LogP contribution in [0.25, 0.3) is 0 Å². The molecule has 7 nitrogen and oxygen atoms in total. The van der Waals surface area contributed by atoms with Gasteiger partial charge in [-0.05, 0) is 55.3 Å². The Kier molecular flexibility index (Phi) is 6.06. The van der Waals surface area contributed by atoms with Crippen LogP contribution in [0.5, 0.6) is 5.75 Å². The number of amides is 2. The zero-order valence-corrected chi connectivity index (χ0v) is 15.7. The van der Waals surface area contributed by atoms with Gasteiger partial charge in [0.05, 0.1) is 13.3 Å². The minimum Gasteiger partial charge on any atom is -0.497 e. The predicted molar refractivity (Wildman–Crippen MR) is 106 cm³/mol. The van der Waals surface area contributed by atoms with E-state index in [0.717, 1.165) is 11.3 Å². The van der Waals surface area contributed by atoms with E-state index in [1.54, 1.807) is 38.3 Å². The van der Waals surface area contributed by atoms with Crippen molar-refractivity contribution in [2.24, 2.45) is 0 Å². The molecule has 0 bridgehead atoms. The second kappa shape index (κ2) is 8.85. The van der Waals surface area contributed by atoms with Crippen molar-refractivity contribution in [2.45, 2.75) is 19.8 Å². The minimum absolute atomic E-state index is 0.0762. The molecular formula is C21H21N3O4. The molecule has 0 aliphatic rings. The summed E-state index contributed by atoms with van der Waals surface area (Å²) in [6, 6.07) is 14.6. The maximum atomic E-state index is 12.1. The number of methoxy groups -OCH3 is 1. The number of ether oxygens (including phenoxy) is 1. The van der Waals surface area contributed by atoms with Crippen LogP contribution in [0.15, 0.2) is 59.3 Å². The van der Waals surface area contributed by atoms with E-state index in [4.69, 9.17) is 9.26 Å². The lowest BCUT2D eigenvalue weighted by molar-refractivity contribution is -0.116. The highest BCUT2D eigenvalue weighted by Gasteiger charge is 2.13. The Morgan fingerprint density at radius 1 is 1.00 bits per heavy atom. The molecule has 1 heterocycles. The molecule has 3 rings (SSSR count). The number of nitrogens with one attached hydrogen (secondary N) is 2. The SMILES string of the molecule is COc1ccc(CCC(=O)Nc2ccc(NC(=O)c3cnoc3C)cc2)cc1. The lowest BCUT2D eigenvalue weighted by Gasteiger charge is -2.08. The van der Waals surface area contributed by atoms with E-state index in [-0.39, 0.29) is 11.8 Å². The van der Waals surface area contributed by atoms with Gasteiger partial charge in [0, 0.05) is 17.8 Å². The van der Waals surface area contributed by atoms with E-state index >= 15 is 0 Å². The van der Waals surface area contributed by atoms with Gasteiger partial charge in [0.1, 0.15) is 17.1 Å². The zero-order valence-electron chi connectivity index (χ0n) is 15.7. The highest BCUT2D eigenvalue weighted by molar-refractivity contribution is 6.04. The van der Waals surface area contributed by atoms with Gasteiger partial charge in [-0.3, -0.25) is 9.59 Å². The molecule has 0 atom stereocenters. The van der Waals surface area contributed by atoms with Crippen LogP contribution in [0.3, 0.4) is 0 Å². The first kappa shape index (κ1) is 19.2. The van der Waals surface area contributed by atoms with E-state index in [1.165, 1.54) is 6.20 Å². The summed E-state index contributed by atoms with van der Waals surface area (Å²) >= 11 is 0. The molecule has 2 amide bonds. The van der Waals surface area contributed by atoms with Crippen LogP contribution in [-0.4, -0.2) is 24.1 Å². The van der Waals surface area contributed by atoms with Crippen LogP contribution in [0.1, 0.15) is 28.1 Å². The number of carbonyl (C=O) groups is 2. The number of hydrogen-bond donors (Lipinski definition) is 2. The third-order valence-electron chi connectivity index (χ3n) is 4.22. The molecule has 0 unspecified atom stereocenters. The molecule has 0 radical (unpaired) electrons. The van der Waals surface area contributed by atoms with Gasteiger partial charge >= 0.3 is 0 Å². The summed E-state index contributed by atoms with van der Waals surface area (Å²) in [7, 11) is 1.62. The summed E-state index contributed by atoms with van der Waals surface area (Å²) in [6.45, 7) is 1.67. The molecule has 0 aliphatic carbocycles. The maximum Gasteiger partial charge on any atom is 0.260 e. The molecule has 0 spiro atoms. The second-order valence-corrected chi connectivity index (χ2v) is 6.22. The van der Waals surface area contributed by atoms with Gasteiger partial charge in [-0.15, -0.1) is 0 Å². The lowest BCUT2D eigenvalue weighted by atomic mass is 10.1. The van der Waals surface area contributed by atoms with Crippen LogP contribution in [0.4, 0.5) is 11.4 Å². The summed E-state index contributed by atoms with van der Waals surface area (Å²) in [4.78, 5) is 24.3. The monoisotopic (exact) mass is 379 g/mol. The van der Waals surface area contributed by atoms with Crippen molar-refractivity contribution in [2.75, 3.05) is 17.7 Å². The third kappa shape index (κ3) is 4.97. The van der Waals surface area contributed by atoms with E-state index in [2.05, 4.69) is 15.8 Å². The second-order valence-electron chi connectivity index (χ2n) is 6.22. The number of anilines is 2. The van der Waals surface area contributed by atoms with Crippen molar-refractivity contribution >= 4 is 23.2 Å². The fourth-order valence-corrected chi connectivity index (χ4v) is 2.63. The highest BCUT2D eigenvalue weighted by Crippen LogP contribution is 2.17. The number of aryl methyl sites for hydroxylation is 2. The third-order valence-corrected chi connectivity index (χ3v) is 4.22. The Labute approximate surface area is 162 Å². The predicted octanol–water partition coefficient (Wildman–Crippen LogP) is 3.82. The van der Waals surface area contributed by atoms with Gasteiger partial charge in [-0.2, -0.15) is 0 Å². The van der Waals surface area contributed by atoms with Crippen LogP contribution >= 0.6 is 0 Å². The first-order valence-corrected chi connectivity index (χ1v) is 8.80. The molecule has 7 heteroatoms. The number of carbonyl (C=O) groups excluding carboxylic acids is 2. The molecule has 0 saturated heterocycles. The Morgan fingerprint density at radius 3 is 2.21 bits per heavy atom. The van der Waals surface area contributed by atoms with Crippen molar-refractivity contribution < 1.29 is 18.8 Å². The molecular weight excluding hydrogens is 358 g/mol. The van der Waals surface area contributed by atoms with Gasteiger partial charge in [0.25, 0.3) is 5.91 Å². The number of rotatable bonds is 7. The van der Waals surface area contributed by atoms with Gasteiger partial charge in [-0.1, -0.05) is 17.3 Å². The van der Waals surface area contributed by atoms with Gasteiger partial charge in [-0.25, -0.2) is 0 Å². The van der Waals surface area contributed by atoms with E-state index in [1.807, 2.05) is 24.3 Å². The largest absolute Gasteiger partial charge is 0.497 e. The molecule has 0 aliphatic heterocycles. The Balaban J connectivity index is 1.49. The summed E-state index contributed by atoms with van der Waals surface area (Å²) in [5.74, 6) is 0.876. The number of benzene rings is 2. The summed E-state index contributed by atoms with van der Waals surface area (Å²) in [5.41, 5.74) is 2.73. The van der Waals surface area contributed by atoms with Gasteiger partial charge < -0.3 is 19.9 Å². The lowest BCUT2D eigenvalue weighted by Crippen LogP contribution is -2.13. The van der Waals surface area contributed by atoms with Gasteiger partial charge in [0.15, 0.2) is 0 Å². The van der Waals surface area contributed by atoms with E-state index < -0.39 is 0 Å². The van der Waals surface area contributed by atoms with Crippen molar-refractivity contribution in [1.29, 1.82) is 0 Å². The molecule has 0 fully saturated rings.